The highest BCUT2D eigenvalue weighted by molar-refractivity contribution is 6.05. The van der Waals surface area contributed by atoms with Crippen molar-refractivity contribution in [1.82, 2.24) is 30.3 Å². The maximum Gasteiger partial charge on any atom is 0.272 e. The Morgan fingerprint density at radius 2 is 2.00 bits per heavy atom. The Balaban J connectivity index is 1.28. The molecule has 3 aromatic rings. The Morgan fingerprint density at radius 3 is 2.75 bits per heavy atom. The van der Waals surface area contributed by atoms with Crippen LogP contribution in [0.25, 0.3) is 22.0 Å². The van der Waals surface area contributed by atoms with E-state index in [4.69, 9.17) is 0 Å². The van der Waals surface area contributed by atoms with E-state index in [1.165, 1.54) is 0 Å². The summed E-state index contributed by atoms with van der Waals surface area (Å²) in [7, 11) is 0. The third-order valence-electron chi connectivity index (χ3n) is 6.96. The van der Waals surface area contributed by atoms with Gasteiger partial charge in [0.15, 0.2) is 5.69 Å². The molecule has 188 valence electrons. The number of benzene rings is 1. The van der Waals surface area contributed by atoms with Crippen LogP contribution in [0, 0.1) is 11.8 Å². The van der Waals surface area contributed by atoms with E-state index in [0.29, 0.717) is 18.8 Å². The molecule has 0 radical (unpaired) electrons. The molecule has 7 nitrogen and oxygen atoms in total. The van der Waals surface area contributed by atoms with Crippen LogP contribution in [0.3, 0.4) is 0 Å². The Bertz CT molecular complexity index is 1300. The topological polar surface area (TPSA) is 77.1 Å². The van der Waals surface area contributed by atoms with Gasteiger partial charge in [-0.2, -0.15) is 5.10 Å². The van der Waals surface area contributed by atoms with E-state index in [2.05, 4.69) is 37.2 Å². The second-order valence-electron chi connectivity index (χ2n) is 9.68. The van der Waals surface area contributed by atoms with Crippen molar-refractivity contribution in [2.75, 3.05) is 32.7 Å². The van der Waals surface area contributed by atoms with Gasteiger partial charge in [-0.15, -0.1) is 5.92 Å². The van der Waals surface area contributed by atoms with E-state index >= 15 is 0 Å². The number of fused-ring (bicyclic) bond motifs is 1. The number of nitrogens with zero attached hydrogens (tertiary/aromatic N) is 4. The first-order valence-electron chi connectivity index (χ1n) is 12.4. The lowest BCUT2D eigenvalue weighted by Crippen LogP contribution is -2.44. The number of piperidine rings is 1. The number of H-pyrrole nitrogens is 1. The molecule has 2 aliphatic heterocycles. The SMILES string of the molecule is CC#CCN1CCC(NC(=O)c2n[nH]c3ccc(-c4cncc(CN5CCC(F)(F)C5)c4)cc23)CC1. The molecule has 1 amide bonds. The third-order valence-corrected chi connectivity index (χ3v) is 6.96. The lowest BCUT2D eigenvalue weighted by Gasteiger charge is -2.30. The first-order valence-corrected chi connectivity index (χ1v) is 12.4. The van der Waals surface area contributed by atoms with Crippen LogP contribution >= 0.6 is 0 Å². The Labute approximate surface area is 209 Å². The number of halogens is 2. The average Bonchev–Trinajstić information content (AvgIpc) is 3.45. The fourth-order valence-electron chi connectivity index (χ4n) is 4.98. The standard InChI is InChI=1S/C27H30F2N6O/c1-2-3-9-34-10-6-22(7-11-34)31-26(36)25-23-14-20(4-5-24(23)32-33-25)21-13-19(15-30-16-21)17-35-12-8-27(28,29)18-35/h4-5,13-16,22H,6-12,17-18H2,1H3,(H,31,36)(H,32,33). The molecule has 1 aromatic carbocycles. The van der Waals surface area contributed by atoms with Crippen LogP contribution in [-0.4, -0.2) is 75.6 Å². The first kappa shape index (κ1) is 24.3. The van der Waals surface area contributed by atoms with Gasteiger partial charge in [-0.25, -0.2) is 8.78 Å². The van der Waals surface area contributed by atoms with E-state index in [0.717, 1.165) is 60.1 Å². The van der Waals surface area contributed by atoms with Crippen LogP contribution in [0.2, 0.25) is 0 Å². The van der Waals surface area contributed by atoms with Crippen molar-refractivity contribution in [2.24, 2.45) is 0 Å². The van der Waals surface area contributed by atoms with Crippen molar-refractivity contribution in [3.63, 3.8) is 0 Å². The highest BCUT2D eigenvalue weighted by Crippen LogP contribution is 2.29. The maximum atomic E-state index is 13.6. The Hall–Kier alpha value is -3.35. The number of alkyl halides is 2. The molecular weight excluding hydrogens is 462 g/mol. The smallest absolute Gasteiger partial charge is 0.272 e. The van der Waals surface area contributed by atoms with Crippen LogP contribution in [0.4, 0.5) is 8.78 Å². The summed E-state index contributed by atoms with van der Waals surface area (Å²) in [6.07, 6.45) is 5.13. The molecule has 0 bridgehead atoms. The number of amides is 1. The fraction of sp³-hybridized carbons (Fsp3) is 0.444. The van der Waals surface area contributed by atoms with Crippen molar-refractivity contribution >= 4 is 16.8 Å². The van der Waals surface area contributed by atoms with Crippen molar-refractivity contribution in [3.8, 4) is 23.0 Å². The van der Waals surface area contributed by atoms with Crippen molar-refractivity contribution in [2.45, 2.75) is 44.7 Å². The molecule has 0 unspecified atom stereocenters. The van der Waals surface area contributed by atoms with Gasteiger partial charge in [0, 0.05) is 62.0 Å². The van der Waals surface area contributed by atoms with Gasteiger partial charge in [-0.1, -0.05) is 12.0 Å². The summed E-state index contributed by atoms with van der Waals surface area (Å²) >= 11 is 0. The largest absolute Gasteiger partial charge is 0.348 e. The van der Waals surface area contributed by atoms with Gasteiger partial charge in [0.25, 0.3) is 11.8 Å². The lowest BCUT2D eigenvalue weighted by atomic mass is 10.0. The highest BCUT2D eigenvalue weighted by Gasteiger charge is 2.37. The van der Waals surface area contributed by atoms with Gasteiger partial charge >= 0.3 is 0 Å². The number of rotatable bonds is 6. The number of carbonyl (C=O) groups excluding carboxylic acids is 1. The third kappa shape index (κ3) is 5.55. The lowest BCUT2D eigenvalue weighted by molar-refractivity contribution is 0.0115. The number of aromatic amines is 1. The van der Waals surface area contributed by atoms with Gasteiger partial charge in [0.05, 0.1) is 18.6 Å². The van der Waals surface area contributed by atoms with Crippen LogP contribution in [0.15, 0.2) is 36.7 Å². The van der Waals surface area contributed by atoms with Crippen LogP contribution < -0.4 is 5.32 Å². The number of carbonyl (C=O) groups is 1. The molecule has 0 aliphatic carbocycles. The van der Waals surface area contributed by atoms with Gasteiger partial charge in [0.1, 0.15) is 0 Å². The van der Waals surface area contributed by atoms with Gasteiger partial charge in [-0.05, 0) is 49.1 Å². The zero-order valence-corrected chi connectivity index (χ0v) is 20.4. The number of nitrogens with one attached hydrogen (secondary N) is 2. The molecule has 2 saturated heterocycles. The molecule has 2 aromatic heterocycles. The monoisotopic (exact) mass is 492 g/mol. The average molecular weight is 493 g/mol. The summed E-state index contributed by atoms with van der Waals surface area (Å²) in [4.78, 5) is 21.5. The minimum Gasteiger partial charge on any atom is -0.348 e. The minimum absolute atomic E-state index is 0.102. The second kappa shape index (κ2) is 10.3. The maximum absolute atomic E-state index is 13.6. The van der Waals surface area contributed by atoms with E-state index < -0.39 is 5.92 Å². The van der Waals surface area contributed by atoms with E-state index in [1.807, 2.05) is 31.2 Å². The number of pyridine rings is 1. The summed E-state index contributed by atoms with van der Waals surface area (Å²) in [6, 6.07) is 7.86. The predicted molar refractivity (Wildman–Crippen MR) is 135 cm³/mol. The zero-order valence-electron chi connectivity index (χ0n) is 20.4. The van der Waals surface area contributed by atoms with Crippen LogP contribution in [-0.2, 0) is 6.54 Å². The van der Waals surface area contributed by atoms with E-state index in [-0.39, 0.29) is 24.9 Å². The molecule has 2 aliphatic rings. The molecule has 0 spiro atoms. The predicted octanol–water partition coefficient (Wildman–Crippen LogP) is 3.68. The summed E-state index contributed by atoms with van der Waals surface area (Å²) in [5, 5.41) is 11.1. The van der Waals surface area contributed by atoms with Crippen molar-refractivity contribution in [1.29, 1.82) is 0 Å². The molecular formula is C27H30F2N6O. The zero-order chi connectivity index (χ0) is 25.1. The molecule has 2 N–H and O–H groups in total. The Kier molecular flexibility index (Phi) is 6.99. The highest BCUT2D eigenvalue weighted by atomic mass is 19.3. The summed E-state index contributed by atoms with van der Waals surface area (Å²) in [5.74, 6) is 3.22. The molecule has 0 saturated carbocycles. The normalized spacial score (nSPS) is 18.8. The summed E-state index contributed by atoms with van der Waals surface area (Å²) < 4.78 is 27.1. The minimum atomic E-state index is -2.62. The number of aromatic nitrogens is 3. The number of hydrogen-bond donors (Lipinski definition) is 2. The number of hydrogen-bond acceptors (Lipinski definition) is 5. The summed E-state index contributed by atoms with van der Waals surface area (Å²) in [5.41, 5.74) is 3.79. The second-order valence-corrected chi connectivity index (χ2v) is 9.68. The van der Waals surface area contributed by atoms with Gasteiger partial charge < -0.3 is 5.32 Å². The quantitative estimate of drug-likeness (QED) is 0.514. The first-order chi connectivity index (χ1) is 17.4. The summed E-state index contributed by atoms with van der Waals surface area (Å²) in [6.45, 7) is 5.02. The van der Waals surface area contributed by atoms with Gasteiger partial charge in [0.2, 0.25) is 0 Å². The van der Waals surface area contributed by atoms with E-state index in [1.54, 1.807) is 17.3 Å². The molecule has 5 rings (SSSR count). The van der Waals surface area contributed by atoms with Crippen LogP contribution in [0.5, 0.6) is 0 Å². The molecule has 4 heterocycles. The molecule has 9 heteroatoms. The molecule has 2 fully saturated rings. The molecule has 0 atom stereocenters. The molecule has 36 heavy (non-hydrogen) atoms. The van der Waals surface area contributed by atoms with Gasteiger partial charge in [-0.3, -0.25) is 24.7 Å². The number of likely N-dealkylation sites (tertiary alicyclic amines) is 2. The Morgan fingerprint density at radius 1 is 1.17 bits per heavy atom. The fourth-order valence-corrected chi connectivity index (χ4v) is 4.98. The van der Waals surface area contributed by atoms with Crippen molar-refractivity contribution < 1.29 is 13.6 Å². The van der Waals surface area contributed by atoms with Crippen LogP contribution in [0.1, 0.15) is 42.2 Å². The van der Waals surface area contributed by atoms with Crippen molar-refractivity contribution in [3.05, 3.63) is 47.9 Å². The van der Waals surface area contributed by atoms with E-state index in [9.17, 15) is 13.6 Å².